The van der Waals surface area contributed by atoms with Gasteiger partial charge in [0.25, 0.3) is 0 Å². The van der Waals surface area contributed by atoms with Gasteiger partial charge in [-0.2, -0.15) is 0 Å². The summed E-state index contributed by atoms with van der Waals surface area (Å²) in [6.07, 6.45) is -39.4. The van der Waals surface area contributed by atoms with Gasteiger partial charge in [-0.25, -0.2) is 4.79 Å². The molecule has 16 N–H and O–H groups in total. The highest BCUT2D eigenvalue weighted by Gasteiger charge is 2.72. The van der Waals surface area contributed by atoms with Crippen LogP contribution in [0.3, 0.4) is 0 Å². The Morgan fingerprint density at radius 3 is 1.65 bits per heavy atom. The van der Waals surface area contributed by atoms with Crippen LogP contribution in [0.4, 0.5) is 0 Å². The van der Waals surface area contributed by atoms with E-state index >= 15 is 0 Å². The third kappa shape index (κ3) is 12.3. The van der Waals surface area contributed by atoms with Gasteiger partial charge in [-0.3, -0.25) is 4.79 Å². The van der Waals surface area contributed by atoms with Crippen LogP contribution in [-0.2, 0) is 61.7 Å². The number of carboxylic acids is 1. The fraction of sp³-hybridized carbons (Fsp3) is 0.935. The van der Waals surface area contributed by atoms with Crippen LogP contribution in [0.1, 0.15) is 120 Å². The van der Waals surface area contributed by atoms with Crippen molar-refractivity contribution in [2.45, 2.75) is 286 Å². The molecule has 5 saturated heterocycles. The maximum Gasteiger partial charge on any atom is 0.335 e. The van der Waals surface area contributed by atoms with Gasteiger partial charge in [0.1, 0.15) is 116 Å². The Hall–Kier alpha value is -2.32. The molecule has 10 rings (SSSR count). The Labute approximate surface area is 528 Å². The standard InChI is InChI=1S/C62H100O29/c1-24-35(67)39(71)44(76)53(82-24)90-49-42(74)38(70)30(22-65)86-55(49)88-47-46(78)48(51(79)80)89-56(50(47)91-54-45(77)41(73)37(69)29(21-64)85-54)87-33-13-14-59(7)31(58(33,5)6)12-15-60(8)32(59)11-10-26-27-18-57(3,4)16-17-62(27,34(83-25(2)66)19-61(26,60)9)23-81-52-43(75)40(72)36(68)28(20-63)84-52/h10,24,27-50,52-56,63-65,67-78H,11-23H2,1-9H3,(H,79,80). The van der Waals surface area contributed by atoms with Gasteiger partial charge in [-0.05, 0) is 110 Å². The van der Waals surface area contributed by atoms with Gasteiger partial charge in [-0.15, -0.1) is 0 Å². The first-order valence-corrected chi connectivity index (χ1v) is 32.2. The molecule has 29 nitrogen and oxygen atoms in total. The number of fused-ring (bicyclic) bond motifs is 7. The molecule has 0 bridgehead atoms. The third-order valence-corrected chi connectivity index (χ3v) is 23.9. The van der Waals surface area contributed by atoms with E-state index in [4.69, 9.17) is 52.1 Å². The molecule has 0 radical (unpaired) electrons. The van der Waals surface area contributed by atoms with E-state index in [0.29, 0.717) is 51.4 Å². The van der Waals surface area contributed by atoms with Crippen LogP contribution in [0.5, 0.6) is 0 Å². The van der Waals surface area contributed by atoms with Crippen molar-refractivity contribution in [1.29, 1.82) is 0 Å². The first-order valence-electron chi connectivity index (χ1n) is 32.2. The minimum absolute atomic E-state index is 0.0108. The van der Waals surface area contributed by atoms with Gasteiger partial charge < -0.3 is 134 Å². The highest BCUT2D eigenvalue weighted by atomic mass is 16.8. The molecule has 0 amide bonds. The quantitative estimate of drug-likeness (QED) is 0.0414. The van der Waals surface area contributed by atoms with Gasteiger partial charge >= 0.3 is 11.9 Å². The molecule has 34 atom stereocenters. The minimum atomic E-state index is -2.29. The largest absolute Gasteiger partial charge is 0.479 e. The van der Waals surface area contributed by atoms with Crippen LogP contribution < -0.4 is 0 Å². The summed E-state index contributed by atoms with van der Waals surface area (Å²) >= 11 is 0. The molecule has 9 fully saturated rings. The van der Waals surface area contributed by atoms with E-state index in [1.807, 2.05) is 13.8 Å². The van der Waals surface area contributed by atoms with Gasteiger partial charge in [0.15, 0.2) is 37.6 Å². The molecule has 0 spiro atoms. The number of aliphatic carboxylic acids is 1. The molecule has 4 saturated carbocycles. The fourth-order valence-electron chi connectivity index (χ4n) is 18.4. The van der Waals surface area contributed by atoms with E-state index in [2.05, 4.69) is 40.7 Å². The highest BCUT2D eigenvalue weighted by molar-refractivity contribution is 5.73. The predicted molar refractivity (Wildman–Crippen MR) is 305 cm³/mol. The normalized spacial score (nSPS) is 52.9. The van der Waals surface area contributed by atoms with Crippen molar-refractivity contribution in [1.82, 2.24) is 0 Å². The topological polar surface area (TPSA) is 459 Å². The molecular formula is C62H100O29. The molecule has 29 heteroatoms. The summed E-state index contributed by atoms with van der Waals surface area (Å²) in [5.41, 5.74) is -1.98. The summed E-state index contributed by atoms with van der Waals surface area (Å²) in [5, 5.41) is 174. The Kier molecular flexibility index (Phi) is 20.8. The molecule has 5 aliphatic carbocycles. The average molecular weight is 1310 g/mol. The number of carbonyl (C=O) groups excluding carboxylic acids is 1. The number of ether oxygens (including phenoxy) is 11. The zero-order chi connectivity index (χ0) is 66.7. The van der Waals surface area contributed by atoms with Crippen LogP contribution in [-0.4, -0.2) is 286 Å². The van der Waals surface area contributed by atoms with Gasteiger partial charge in [0, 0.05) is 12.3 Å². The zero-order valence-corrected chi connectivity index (χ0v) is 53.1. The van der Waals surface area contributed by atoms with Crippen molar-refractivity contribution in [2.75, 3.05) is 26.4 Å². The average Bonchev–Trinajstić information content (AvgIpc) is 0.676. The molecule has 10 aliphatic rings. The molecule has 0 aromatic heterocycles. The number of esters is 1. The lowest BCUT2D eigenvalue weighted by molar-refractivity contribution is -0.406. The monoisotopic (exact) mass is 1310 g/mol. The molecule has 0 aromatic carbocycles. The number of rotatable bonds is 16. The van der Waals surface area contributed by atoms with E-state index in [1.54, 1.807) is 0 Å². The van der Waals surface area contributed by atoms with E-state index < -0.39 is 225 Å². The van der Waals surface area contributed by atoms with Crippen LogP contribution in [0, 0.1) is 50.2 Å². The van der Waals surface area contributed by atoms with Gasteiger partial charge in [-0.1, -0.05) is 60.1 Å². The first kappa shape index (κ1) is 71.5. The lowest BCUT2D eigenvalue weighted by Crippen LogP contribution is -2.69. The van der Waals surface area contributed by atoms with Crippen LogP contribution >= 0.6 is 0 Å². The van der Waals surface area contributed by atoms with E-state index in [9.17, 15) is 91.3 Å². The summed E-state index contributed by atoms with van der Waals surface area (Å²) in [6.45, 7) is 15.6. The number of carboxylic acid groups (broad SMARTS) is 1. The molecule has 5 aliphatic heterocycles. The summed E-state index contributed by atoms with van der Waals surface area (Å²) in [4.78, 5) is 26.7. The Morgan fingerprint density at radius 2 is 1.05 bits per heavy atom. The van der Waals surface area contributed by atoms with Crippen LogP contribution in [0.15, 0.2) is 11.6 Å². The smallest absolute Gasteiger partial charge is 0.335 e. The Bertz CT molecular complexity index is 2580. The van der Waals surface area contributed by atoms with Gasteiger partial charge in [0.05, 0.1) is 38.6 Å². The summed E-state index contributed by atoms with van der Waals surface area (Å²) in [7, 11) is 0. The van der Waals surface area contributed by atoms with Crippen LogP contribution in [0.2, 0.25) is 0 Å². The van der Waals surface area contributed by atoms with E-state index in [0.717, 1.165) is 6.42 Å². The van der Waals surface area contributed by atoms with Crippen LogP contribution in [0.25, 0.3) is 0 Å². The Morgan fingerprint density at radius 1 is 0.527 bits per heavy atom. The molecule has 91 heavy (non-hydrogen) atoms. The van der Waals surface area contributed by atoms with E-state index in [-0.39, 0.29) is 29.8 Å². The van der Waals surface area contributed by atoms with E-state index in [1.165, 1.54) is 19.4 Å². The van der Waals surface area contributed by atoms with Crippen molar-refractivity contribution in [3.8, 4) is 0 Å². The SMILES string of the molecule is CC(=O)OC1CC2(C)C(=CCC3C4(C)CCC(OC5OC(C(=O)O)C(O)C(OC6OC(CO)C(O)C(O)C6OC6OC(C)C(O)C(O)C6O)C5OC5OC(CO)C(O)C(O)C5O)C(C)(C)C4CCC32C)C2CC(C)(C)CCC12COC1OC(CO)C(O)C(O)C1O. The summed E-state index contributed by atoms with van der Waals surface area (Å²) in [5.74, 6) is -2.51. The molecule has 522 valence electrons. The first-order chi connectivity index (χ1) is 42.6. The van der Waals surface area contributed by atoms with Crippen molar-refractivity contribution in [2.24, 2.45) is 50.2 Å². The molecule has 0 aromatic rings. The minimum Gasteiger partial charge on any atom is -0.479 e. The van der Waals surface area contributed by atoms with Crippen molar-refractivity contribution >= 4 is 11.9 Å². The predicted octanol–water partition coefficient (Wildman–Crippen LogP) is -3.08. The lowest BCUT2D eigenvalue weighted by atomic mass is 9.33. The summed E-state index contributed by atoms with van der Waals surface area (Å²) < 4.78 is 68.1. The van der Waals surface area contributed by atoms with Crippen molar-refractivity contribution in [3.05, 3.63) is 11.6 Å². The number of hydrogen-bond donors (Lipinski definition) is 16. The number of hydrogen-bond acceptors (Lipinski definition) is 28. The van der Waals surface area contributed by atoms with Crippen molar-refractivity contribution in [3.63, 3.8) is 0 Å². The summed E-state index contributed by atoms with van der Waals surface area (Å²) in [6, 6.07) is 0. The Balaban J connectivity index is 0.970. The zero-order valence-electron chi connectivity index (χ0n) is 53.1. The maximum absolute atomic E-state index is 13.4. The lowest BCUT2D eigenvalue weighted by Gasteiger charge is -2.72. The highest BCUT2D eigenvalue weighted by Crippen LogP contribution is 2.76. The second-order valence-electron chi connectivity index (χ2n) is 29.9. The fourth-order valence-corrected chi connectivity index (χ4v) is 18.4. The molecule has 5 heterocycles. The van der Waals surface area contributed by atoms with Gasteiger partial charge in [0.2, 0.25) is 0 Å². The number of carbonyl (C=O) groups is 2. The second-order valence-corrected chi connectivity index (χ2v) is 29.9. The van der Waals surface area contributed by atoms with Crippen molar-refractivity contribution < 1.29 is 143 Å². The number of aliphatic hydroxyl groups is 15. The number of allylic oxidation sites excluding steroid dienone is 2. The molecule has 34 unspecified atom stereocenters. The second kappa shape index (κ2) is 26.5. The number of aliphatic hydroxyl groups excluding tert-OH is 15. The molecular weight excluding hydrogens is 1210 g/mol. The third-order valence-electron chi connectivity index (χ3n) is 23.9. The maximum atomic E-state index is 13.4.